The van der Waals surface area contributed by atoms with E-state index in [0.717, 1.165) is 24.5 Å². The van der Waals surface area contributed by atoms with Crippen LogP contribution in [0.4, 0.5) is 0 Å². The predicted molar refractivity (Wildman–Crippen MR) is 54.2 cm³/mol. The van der Waals surface area contributed by atoms with Gasteiger partial charge in [0.05, 0.1) is 0 Å². The van der Waals surface area contributed by atoms with E-state index in [-0.39, 0.29) is 5.78 Å². The lowest BCUT2D eigenvalue weighted by Gasteiger charge is -1.97. The normalized spacial score (nSPS) is 14.7. The van der Waals surface area contributed by atoms with Crippen LogP contribution in [0.25, 0.3) is 0 Å². The minimum absolute atomic E-state index is 0.155. The maximum absolute atomic E-state index is 11.7. The molecule has 0 unspecified atom stereocenters. The molecule has 0 aromatic heterocycles. The second-order valence-corrected chi connectivity index (χ2v) is 3.30. The Morgan fingerprint density at radius 3 is 2.79 bits per heavy atom. The summed E-state index contributed by atoms with van der Waals surface area (Å²) >= 11 is 0. The molecular weight excluding hydrogens is 176 g/mol. The van der Waals surface area contributed by atoms with E-state index in [1.54, 1.807) is 0 Å². The van der Waals surface area contributed by atoms with Crippen LogP contribution in [-0.4, -0.2) is 24.7 Å². The van der Waals surface area contributed by atoms with Crippen LogP contribution in [0, 0.1) is 0 Å². The van der Waals surface area contributed by atoms with Crippen LogP contribution in [-0.2, 0) is 0 Å². The zero-order chi connectivity index (χ0) is 9.80. The summed E-state index contributed by atoms with van der Waals surface area (Å²) in [6, 6.07) is 9.37. The molecule has 0 aliphatic carbocycles. The molecule has 0 amide bonds. The minimum Gasteiger partial charge on any atom is -0.293 e. The molecule has 0 fully saturated rings. The number of hydrogen-bond donors (Lipinski definition) is 2. The highest BCUT2D eigenvalue weighted by molar-refractivity contribution is 6.07. The quantitative estimate of drug-likeness (QED) is 0.620. The van der Waals surface area contributed by atoms with Crippen molar-refractivity contribution in [3.8, 4) is 0 Å². The fourth-order valence-corrected chi connectivity index (χ4v) is 1.50. The molecule has 3 nitrogen and oxygen atoms in total. The van der Waals surface area contributed by atoms with Crippen molar-refractivity contribution in [2.24, 2.45) is 0 Å². The first kappa shape index (κ1) is 8.94. The summed E-state index contributed by atoms with van der Waals surface area (Å²) < 4.78 is 0. The molecular formula is C11H13N2O+. The van der Waals surface area contributed by atoms with Gasteiger partial charge in [-0.05, 0) is 0 Å². The molecule has 1 aromatic carbocycles. The molecule has 0 saturated carbocycles. The number of hydrogen-bond acceptors (Lipinski definition) is 2. The Kier molecular flexibility index (Phi) is 2.58. The highest BCUT2D eigenvalue weighted by Crippen LogP contribution is 2.02. The molecule has 0 radical (unpaired) electrons. The Hall–Kier alpha value is -1.64. The van der Waals surface area contributed by atoms with Crippen molar-refractivity contribution in [2.45, 2.75) is 6.42 Å². The smallest absolute Gasteiger partial charge is 0.250 e. The third-order valence-electron chi connectivity index (χ3n) is 2.23. The van der Waals surface area contributed by atoms with E-state index >= 15 is 0 Å². The number of ketones is 1. The number of Topliss-reactive ketones (excluding diaryl/α,β-unsaturated/α-hetero) is 1. The number of rotatable bonds is 3. The van der Waals surface area contributed by atoms with Crippen LogP contribution < -0.4 is 10.3 Å². The van der Waals surface area contributed by atoms with Crippen LogP contribution in [0.3, 0.4) is 0 Å². The van der Waals surface area contributed by atoms with Crippen LogP contribution in [0.15, 0.2) is 30.3 Å². The van der Waals surface area contributed by atoms with Gasteiger partial charge >= 0.3 is 0 Å². The molecule has 0 atom stereocenters. The van der Waals surface area contributed by atoms with Gasteiger partial charge in [-0.2, -0.15) is 0 Å². The Morgan fingerprint density at radius 1 is 1.36 bits per heavy atom. The SMILES string of the molecule is O=C(CC1=[NH+]CCN1)c1ccccc1. The topological polar surface area (TPSA) is 43.1 Å². The molecule has 2 rings (SSSR count). The summed E-state index contributed by atoms with van der Waals surface area (Å²) in [5.74, 6) is 1.10. The maximum Gasteiger partial charge on any atom is 0.250 e. The van der Waals surface area contributed by atoms with E-state index in [2.05, 4.69) is 10.3 Å². The van der Waals surface area contributed by atoms with Crippen molar-refractivity contribution >= 4 is 11.6 Å². The summed E-state index contributed by atoms with van der Waals surface area (Å²) in [5, 5.41) is 3.14. The van der Waals surface area contributed by atoms with Gasteiger partial charge in [-0.1, -0.05) is 30.3 Å². The van der Waals surface area contributed by atoms with E-state index in [9.17, 15) is 4.79 Å². The lowest BCUT2D eigenvalue weighted by atomic mass is 10.1. The monoisotopic (exact) mass is 189 g/mol. The number of carbonyl (C=O) groups is 1. The van der Waals surface area contributed by atoms with Crippen LogP contribution in [0.1, 0.15) is 16.8 Å². The Labute approximate surface area is 82.9 Å². The first-order valence-corrected chi connectivity index (χ1v) is 4.78. The summed E-state index contributed by atoms with van der Waals surface area (Å²) in [7, 11) is 0. The van der Waals surface area contributed by atoms with Gasteiger partial charge in [0.25, 0.3) is 5.84 Å². The molecule has 0 bridgehead atoms. The second kappa shape index (κ2) is 4.05. The highest BCUT2D eigenvalue weighted by atomic mass is 16.1. The summed E-state index contributed by atoms with van der Waals surface area (Å²) in [5.41, 5.74) is 0.774. The average molecular weight is 189 g/mol. The fourth-order valence-electron chi connectivity index (χ4n) is 1.50. The Morgan fingerprint density at radius 2 is 2.14 bits per heavy atom. The first-order chi connectivity index (χ1) is 6.86. The predicted octanol–water partition coefficient (Wildman–Crippen LogP) is -0.658. The molecule has 1 aliphatic rings. The molecule has 1 heterocycles. The van der Waals surface area contributed by atoms with Gasteiger partial charge in [0.1, 0.15) is 19.5 Å². The number of benzene rings is 1. The number of amidine groups is 1. The third kappa shape index (κ3) is 1.99. The summed E-state index contributed by atoms with van der Waals surface area (Å²) in [6.07, 6.45) is 0.448. The zero-order valence-electron chi connectivity index (χ0n) is 7.92. The van der Waals surface area contributed by atoms with Crippen molar-refractivity contribution in [1.82, 2.24) is 5.32 Å². The van der Waals surface area contributed by atoms with Gasteiger partial charge in [0.2, 0.25) is 0 Å². The van der Waals surface area contributed by atoms with Gasteiger partial charge in [-0.3, -0.25) is 15.1 Å². The third-order valence-corrected chi connectivity index (χ3v) is 2.23. The van der Waals surface area contributed by atoms with Crippen molar-refractivity contribution < 1.29 is 9.79 Å². The first-order valence-electron chi connectivity index (χ1n) is 4.78. The lowest BCUT2D eigenvalue weighted by Crippen LogP contribution is -2.70. The molecule has 2 N–H and O–H groups in total. The van der Waals surface area contributed by atoms with Crippen molar-refractivity contribution in [3.63, 3.8) is 0 Å². The van der Waals surface area contributed by atoms with Crippen molar-refractivity contribution in [3.05, 3.63) is 35.9 Å². The van der Waals surface area contributed by atoms with E-state index in [0.29, 0.717) is 6.42 Å². The second-order valence-electron chi connectivity index (χ2n) is 3.30. The Bertz CT molecular complexity index is 357. The number of carbonyl (C=O) groups excluding carboxylic acids is 1. The Balaban J connectivity index is 2.03. The van der Waals surface area contributed by atoms with Gasteiger partial charge in [0, 0.05) is 5.56 Å². The van der Waals surface area contributed by atoms with Crippen molar-refractivity contribution in [1.29, 1.82) is 0 Å². The standard InChI is InChI=1S/C11H12N2O/c14-10(8-11-12-6-7-13-11)9-4-2-1-3-5-9/h1-5H,6-8H2,(H,12,13)/p+1. The molecule has 0 spiro atoms. The highest BCUT2D eigenvalue weighted by Gasteiger charge is 2.17. The lowest BCUT2D eigenvalue weighted by molar-refractivity contribution is -0.445. The zero-order valence-corrected chi connectivity index (χ0v) is 7.92. The van der Waals surface area contributed by atoms with Crippen LogP contribution >= 0.6 is 0 Å². The van der Waals surface area contributed by atoms with E-state index < -0.39 is 0 Å². The number of nitrogens with one attached hydrogen (secondary N) is 2. The van der Waals surface area contributed by atoms with Crippen molar-refractivity contribution in [2.75, 3.05) is 13.1 Å². The molecule has 0 saturated heterocycles. The average Bonchev–Trinajstić information content (AvgIpc) is 2.72. The minimum atomic E-state index is 0.155. The molecule has 1 aromatic rings. The molecule has 14 heavy (non-hydrogen) atoms. The maximum atomic E-state index is 11.7. The van der Waals surface area contributed by atoms with E-state index in [1.807, 2.05) is 30.3 Å². The summed E-state index contributed by atoms with van der Waals surface area (Å²) in [4.78, 5) is 14.8. The van der Waals surface area contributed by atoms with E-state index in [4.69, 9.17) is 0 Å². The summed E-state index contributed by atoms with van der Waals surface area (Å²) in [6.45, 7) is 1.83. The molecule has 3 heteroatoms. The van der Waals surface area contributed by atoms with Gasteiger partial charge < -0.3 is 0 Å². The molecule has 72 valence electrons. The fraction of sp³-hybridized carbons (Fsp3) is 0.273. The van der Waals surface area contributed by atoms with Gasteiger partial charge in [0.15, 0.2) is 5.78 Å². The van der Waals surface area contributed by atoms with Crippen LogP contribution in [0.5, 0.6) is 0 Å². The largest absolute Gasteiger partial charge is 0.293 e. The molecule has 1 aliphatic heterocycles. The van der Waals surface area contributed by atoms with E-state index in [1.165, 1.54) is 0 Å². The van der Waals surface area contributed by atoms with Gasteiger partial charge in [-0.25, -0.2) is 0 Å². The van der Waals surface area contributed by atoms with Crippen LogP contribution in [0.2, 0.25) is 0 Å². The van der Waals surface area contributed by atoms with Gasteiger partial charge in [-0.15, -0.1) is 0 Å².